The number of anilines is 1. The number of rotatable bonds is 9. The van der Waals surface area contributed by atoms with Gasteiger partial charge in [0.05, 0.1) is 12.0 Å². The van der Waals surface area contributed by atoms with Crippen LogP contribution in [0.1, 0.15) is 43.0 Å². The molecule has 0 aliphatic carbocycles. The van der Waals surface area contributed by atoms with Crippen molar-refractivity contribution in [2.24, 2.45) is 0 Å². The summed E-state index contributed by atoms with van der Waals surface area (Å²) in [6.07, 6.45) is 3.30. The first-order valence-corrected chi connectivity index (χ1v) is 12.2. The third-order valence-corrected chi connectivity index (χ3v) is 6.76. The van der Waals surface area contributed by atoms with Gasteiger partial charge >= 0.3 is 0 Å². The summed E-state index contributed by atoms with van der Waals surface area (Å²) < 4.78 is 32.9. The van der Waals surface area contributed by atoms with Crippen molar-refractivity contribution in [3.63, 3.8) is 0 Å². The zero-order valence-electron chi connectivity index (χ0n) is 18.3. The highest BCUT2D eigenvalue weighted by atomic mass is 32.2. The van der Waals surface area contributed by atoms with Gasteiger partial charge in [-0.1, -0.05) is 19.4 Å². The van der Waals surface area contributed by atoms with Crippen LogP contribution in [0.4, 0.5) is 5.69 Å². The van der Waals surface area contributed by atoms with E-state index in [0.29, 0.717) is 36.5 Å². The summed E-state index contributed by atoms with van der Waals surface area (Å²) in [6.45, 7) is 3.18. The number of hydrogen-bond donors (Lipinski definition) is 2. The second-order valence-electron chi connectivity index (χ2n) is 7.66. The number of carbonyl (C=O) groups excluding carboxylic acids is 2. The molecule has 0 unspecified atom stereocenters. The highest BCUT2D eigenvalue weighted by molar-refractivity contribution is 7.92. The third-order valence-electron chi connectivity index (χ3n) is 5.38. The first kappa shape index (κ1) is 23.6. The SMILES string of the molecule is CCCCNC(=O)[C@H]1CCCN1C(=O)c1ccc(NS(=O)(=O)c2cccc(OC)c2)cc1. The Bertz CT molecular complexity index is 1050. The molecular weight excluding hydrogens is 430 g/mol. The number of hydrogen-bond acceptors (Lipinski definition) is 5. The molecule has 32 heavy (non-hydrogen) atoms. The number of nitrogens with zero attached hydrogens (tertiary/aromatic N) is 1. The van der Waals surface area contributed by atoms with Crippen LogP contribution in [-0.2, 0) is 14.8 Å². The highest BCUT2D eigenvalue weighted by Crippen LogP contribution is 2.23. The van der Waals surface area contributed by atoms with E-state index in [1.54, 1.807) is 29.2 Å². The summed E-state index contributed by atoms with van der Waals surface area (Å²) >= 11 is 0. The van der Waals surface area contributed by atoms with Gasteiger partial charge in [-0.3, -0.25) is 14.3 Å². The quantitative estimate of drug-likeness (QED) is 0.561. The number of ether oxygens (including phenoxy) is 1. The van der Waals surface area contributed by atoms with E-state index in [1.807, 2.05) is 0 Å². The van der Waals surface area contributed by atoms with Crippen LogP contribution < -0.4 is 14.8 Å². The highest BCUT2D eigenvalue weighted by Gasteiger charge is 2.34. The van der Waals surface area contributed by atoms with Crippen molar-refractivity contribution in [2.45, 2.75) is 43.5 Å². The third kappa shape index (κ3) is 5.59. The monoisotopic (exact) mass is 459 g/mol. The number of nitrogens with one attached hydrogen (secondary N) is 2. The van der Waals surface area contributed by atoms with Gasteiger partial charge in [-0.05, 0) is 55.7 Å². The number of likely N-dealkylation sites (tertiary alicyclic amines) is 1. The number of sulfonamides is 1. The molecule has 1 atom stereocenters. The summed E-state index contributed by atoms with van der Waals surface area (Å²) in [5.74, 6) is 0.0834. The fourth-order valence-corrected chi connectivity index (χ4v) is 4.71. The van der Waals surface area contributed by atoms with Gasteiger partial charge in [0.25, 0.3) is 15.9 Å². The Morgan fingerprint density at radius 3 is 2.59 bits per heavy atom. The maximum absolute atomic E-state index is 13.0. The first-order chi connectivity index (χ1) is 15.4. The van der Waals surface area contributed by atoms with E-state index in [1.165, 1.54) is 31.4 Å². The lowest BCUT2D eigenvalue weighted by Crippen LogP contribution is -2.46. The lowest BCUT2D eigenvalue weighted by Gasteiger charge is -2.24. The molecule has 0 saturated carbocycles. The molecule has 8 nitrogen and oxygen atoms in total. The zero-order valence-corrected chi connectivity index (χ0v) is 19.2. The van der Waals surface area contributed by atoms with Crippen molar-refractivity contribution in [3.8, 4) is 5.75 Å². The molecule has 2 aromatic carbocycles. The molecule has 3 rings (SSSR count). The molecular formula is C23H29N3O5S. The largest absolute Gasteiger partial charge is 0.497 e. The number of amides is 2. The lowest BCUT2D eigenvalue weighted by molar-refractivity contribution is -0.124. The predicted molar refractivity (Wildman–Crippen MR) is 122 cm³/mol. The minimum absolute atomic E-state index is 0.0750. The maximum Gasteiger partial charge on any atom is 0.262 e. The second-order valence-corrected chi connectivity index (χ2v) is 9.35. The van der Waals surface area contributed by atoms with Gasteiger partial charge in [-0.25, -0.2) is 8.42 Å². The zero-order chi connectivity index (χ0) is 23.1. The van der Waals surface area contributed by atoms with E-state index < -0.39 is 16.1 Å². The van der Waals surface area contributed by atoms with Gasteiger partial charge in [-0.15, -0.1) is 0 Å². The minimum atomic E-state index is -3.80. The van der Waals surface area contributed by atoms with Gasteiger partial charge in [0.15, 0.2) is 0 Å². The van der Waals surface area contributed by atoms with Crippen molar-refractivity contribution < 1.29 is 22.7 Å². The van der Waals surface area contributed by atoms with Crippen molar-refractivity contribution in [1.29, 1.82) is 0 Å². The van der Waals surface area contributed by atoms with E-state index in [-0.39, 0.29) is 16.7 Å². The van der Waals surface area contributed by atoms with E-state index in [9.17, 15) is 18.0 Å². The molecule has 1 aliphatic heterocycles. The Kier molecular flexibility index (Phi) is 7.74. The molecule has 2 N–H and O–H groups in total. The molecule has 172 valence electrons. The van der Waals surface area contributed by atoms with Crippen molar-refractivity contribution >= 4 is 27.5 Å². The number of unbranched alkanes of at least 4 members (excludes halogenated alkanes) is 1. The maximum atomic E-state index is 13.0. The molecule has 1 saturated heterocycles. The first-order valence-electron chi connectivity index (χ1n) is 10.7. The fourth-order valence-electron chi connectivity index (χ4n) is 3.62. The van der Waals surface area contributed by atoms with Crippen LogP contribution >= 0.6 is 0 Å². The minimum Gasteiger partial charge on any atom is -0.497 e. The average molecular weight is 460 g/mol. The Morgan fingerprint density at radius 1 is 1.16 bits per heavy atom. The predicted octanol–water partition coefficient (Wildman–Crippen LogP) is 3.02. The molecule has 1 aliphatic rings. The Hall–Kier alpha value is -3.07. The Labute approximate surface area is 189 Å². The number of methoxy groups -OCH3 is 1. The topological polar surface area (TPSA) is 105 Å². The van der Waals surface area contributed by atoms with Gasteiger partial charge < -0.3 is 15.0 Å². The molecule has 0 radical (unpaired) electrons. The van der Waals surface area contributed by atoms with Crippen LogP contribution in [0.15, 0.2) is 53.4 Å². The number of benzene rings is 2. The smallest absolute Gasteiger partial charge is 0.262 e. The van der Waals surface area contributed by atoms with Crippen LogP contribution in [0.5, 0.6) is 5.75 Å². The number of carbonyl (C=O) groups is 2. The van der Waals surface area contributed by atoms with E-state index in [2.05, 4.69) is 17.0 Å². The molecule has 0 bridgehead atoms. The standard InChI is InChI=1S/C23H29N3O5S/c1-3-4-14-24-22(27)21-9-6-15-26(21)23(28)17-10-12-18(13-11-17)25-32(29,30)20-8-5-7-19(16-20)31-2/h5,7-8,10-13,16,21,25H,3-4,6,9,14-15H2,1-2H3,(H,24,27)/t21-/m1/s1. The van der Waals surface area contributed by atoms with E-state index >= 15 is 0 Å². The summed E-state index contributed by atoms with van der Waals surface area (Å²) in [6, 6.07) is 11.9. The fraction of sp³-hybridized carbons (Fsp3) is 0.391. The van der Waals surface area contributed by atoms with E-state index in [0.717, 1.165) is 19.3 Å². The Balaban J connectivity index is 1.68. The van der Waals surface area contributed by atoms with Crippen molar-refractivity contribution in [3.05, 3.63) is 54.1 Å². The van der Waals surface area contributed by atoms with Crippen molar-refractivity contribution in [1.82, 2.24) is 10.2 Å². The Morgan fingerprint density at radius 2 is 1.91 bits per heavy atom. The molecule has 0 spiro atoms. The van der Waals surface area contributed by atoms with Gasteiger partial charge in [0.2, 0.25) is 5.91 Å². The molecule has 1 heterocycles. The van der Waals surface area contributed by atoms with E-state index in [4.69, 9.17) is 4.74 Å². The van der Waals surface area contributed by atoms with Crippen LogP contribution in [0.3, 0.4) is 0 Å². The normalized spacial score (nSPS) is 15.9. The van der Waals surface area contributed by atoms with Crippen LogP contribution in [0.2, 0.25) is 0 Å². The second kappa shape index (κ2) is 10.5. The summed E-state index contributed by atoms with van der Waals surface area (Å²) in [7, 11) is -2.34. The van der Waals surface area contributed by atoms with Gasteiger partial charge in [0, 0.05) is 30.4 Å². The van der Waals surface area contributed by atoms with Gasteiger partial charge in [0.1, 0.15) is 11.8 Å². The van der Waals surface area contributed by atoms with Crippen LogP contribution in [0.25, 0.3) is 0 Å². The van der Waals surface area contributed by atoms with Crippen LogP contribution in [-0.4, -0.2) is 51.4 Å². The molecule has 2 aromatic rings. The molecule has 2 amide bonds. The van der Waals surface area contributed by atoms with Gasteiger partial charge in [-0.2, -0.15) is 0 Å². The van der Waals surface area contributed by atoms with Crippen LogP contribution in [0, 0.1) is 0 Å². The summed E-state index contributed by atoms with van der Waals surface area (Å²) in [5, 5.41) is 2.90. The summed E-state index contributed by atoms with van der Waals surface area (Å²) in [5.41, 5.74) is 0.738. The molecule has 1 fully saturated rings. The molecule has 0 aromatic heterocycles. The lowest BCUT2D eigenvalue weighted by atomic mass is 10.1. The summed E-state index contributed by atoms with van der Waals surface area (Å²) in [4.78, 5) is 27.1. The van der Waals surface area contributed by atoms with Crippen molar-refractivity contribution in [2.75, 3.05) is 24.9 Å². The molecule has 9 heteroatoms. The average Bonchev–Trinajstić information content (AvgIpc) is 3.29.